The number of nitrogens with zero attached hydrogens (tertiary/aromatic N) is 2. The van der Waals surface area contributed by atoms with E-state index < -0.39 is 23.8 Å². The molecule has 2 rings (SSSR count). The van der Waals surface area contributed by atoms with Crippen LogP contribution in [0.5, 0.6) is 0 Å². The maximum Gasteiger partial charge on any atom is 0.326 e. The summed E-state index contributed by atoms with van der Waals surface area (Å²) in [4.78, 5) is 37.9. The van der Waals surface area contributed by atoms with E-state index in [4.69, 9.17) is 10.8 Å². The molecular weight excluding hydrogens is 288 g/mol. The van der Waals surface area contributed by atoms with Crippen molar-refractivity contribution in [2.24, 2.45) is 5.73 Å². The number of aliphatic carboxylic acids is 1. The molecule has 1 atom stereocenters. The maximum atomic E-state index is 11.9. The molecule has 0 bridgehead atoms. The summed E-state index contributed by atoms with van der Waals surface area (Å²) in [5.41, 5.74) is 6.21. The summed E-state index contributed by atoms with van der Waals surface area (Å²) in [6.07, 6.45) is 3.32. The van der Waals surface area contributed by atoms with Crippen molar-refractivity contribution in [3.05, 3.63) is 36.3 Å². The van der Waals surface area contributed by atoms with E-state index in [2.05, 4.69) is 10.3 Å². The predicted molar refractivity (Wildman–Crippen MR) is 76.9 cm³/mol. The molecule has 0 saturated carbocycles. The molecule has 4 N–H and O–H groups in total. The number of carbonyl (C=O) groups excluding carboxylic acids is 2. The second kappa shape index (κ2) is 6.70. The molecule has 0 aromatic carbocycles. The van der Waals surface area contributed by atoms with Crippen molar-refractivity contribution in [2.45, 2.75) is 25.3 Å². The lowest BCUT2D eigenvalue weighted by Crippen LogP contribution is -2.42. The van der Waals surface area contributed by atoms with Gasteiger partial charge >= 0.3 is 5.97 Å². The van der Waals surface area contributed by atoms with Gasteiger partial charge in [-0.05, 0) is 18.6 Å². The Hall–Kier alpha value is -2.90. The van der Waals surface area contributed by atoms with E-state index in [-0.39, 0.29) is 19.3 Å². The molecule has 2 heterocycles. The molecule has 1 unspecified atom stereocenters. The topological polar surface area (TPSA) is 127 Å². The highest BCUT2D eigenvalue weighted by Crippen LogP contribution is 2.06. The molecule has 0 spiro atoms. The SMILES string of the molecule is NC(=O)CCC(NC(=O)Cc1cn2ccccc2n1)C(=O)O. The number of nitrogens with one attached hydrogen (secondary N) is 1. The Balaban J connectivity index is 1.98. The number of fused-ring (bicyclic) bond motifs is 1. The van der Waals surface area contributed by atoms with Gasteiger partial charge in [0, 0.05) is 18.8 Å². The van der Waals surface area contributed by atoms with Crippen LogP contribution >= 0.6 is 0 Å². The molecular formula is C14H16N4O4. The summed E-state index contributed by atoms with van der Waals surface area (Å²) >= 11 is 0. The number of rotatable bonds is 7. The lowest BCUT2D eigenvalue weighted by molar-refractivity contribution is -0.142. The largest absolute Gasteiger partial charge is 0.480 e. The lowest BCUT2D eigenvalue weighted by atomic mass is 10.1. The normalized spacial score (nSPS) is 12.0. The average Bonchev–Trinajstić information content (AvgIpc) is 2.84. The van der Waals surface area contributed by atoms with Gasteiger partial charge in [0.25, 0.3) is 0 Å². The Morgan fingerprint density at radius 2 is 2.14 bits per heavy atom. The minimum Gasteiger partial charge on any atom is -0.480 e. The Bertz CT molecular complexity index is 677. The van der Waals surface area contributed by atoms with Crippen molar-refractivity contribution in [1.82, 2.24) is 14.7 Å². The van der Waals surface area contributed by atoms with Crippen molar-refractivity contribution in [3.63, 3.8) is 0 Å². The maximum absolute atomic E-state index is 11.9. The molecule has 2 aromatic rings. The van der Waals surface area contributed by atoms with E-state index in [1.165, 1.54) is 0 Å². The molecule has 2 aromatic heterocycles. The van der Waals surface area contributed by atoms with Gasteiger partial charge in [-0.2, -0.15) is 0 Å². The fraction of sp³-hybridized carbons (Fsp3) is 0.286. The minimum atomic E-state index is -1.20. The van der Waals surface area contributed by atoms with Crippen LogP contribution in [0.2, 0.25) is 0 Å². The van der Waals surface area contributed by atoms with Crippen molar-refractivity contribution in [1.29, 1.82) is 0 Å². The van der Waals surface area contributed by atoms with Crippen LogP contribution in [-0.4, -0.2) is 38.3 Å². The second-order valence-electron chi connectivity index (χ2n) is 4.84. The van der Waals surface area contributed by atoms with Gasteiger partial charge in [0.05, 0.1) is 12.1 Å². The van der Waals surface area contributed by atoms with Crippen LogP contribution in [0.3, 0.4) is 0 Å². The van der Waals surface area contributed by atoms with Crippen LogP contribution in [-0.2, 0) is 20.8 Å². The van der Waals surface area contributed by atoms with E-state index in [0.717, 1.165) is 0 Å². The summed E-state index contributed by atoms with van der Waals surface area (Å²) in [6, 6.07) is 4.32. The molecule has 2 amide bonds. The molecule has 0 aliphatic rings. The van der Waals surface area contributed by atoms with Crippen LogP contribution in [0.15, 0.2) is 30.6 Å². The van der Waals surface area contributed by atoms with Crippen molar-refractivity contribution in [2.75, 3.05) is 0 Å². The molecule has 22 heavy (non-hydrogen) atoms. The molecule has 0 aliphatic carbocycles. The summed E-state index contributed by atoms with van der Waals surface area (Å²) < 4.78 is 1.77. The standard InChI is InChI=1S/C14H16N4O4/c15-11(19)5-4-10(14(21)22)17-13(20)7-9-8-18-6-2-1-3-12(18)16-9/h1-3,6,8,10H,4-5,7H2,(H2,15,19)(H,17,20)(H,21,22). The summed E-state index contributed by atoms with van der Waals surface area (Å²) in [5, 5.41) is 11.4. The molecule has 0 saturated heterocycles. The summed E-state index contributed by atoms with van der Waals surface area (Å²) in [7, 11) is 0. The zero-order valence-corrected chi connectivity index (χ0v) is 11.7. The first-order valence-corrected chi connectivity index (χ1v) is 6.69. The number of carbonyl (C=O) groups is 3. The van der Waals surface area contributed by atoms with Crippen molar-refractivity contribution in [3.8, 4) is 0 Å². The third kappa shape index (κ3) is 4.05. The van der Waals surface area contributed by atoms with Crippen LogP contribution in [0.4, 0.5) is 0 Å². The smallest absolute Gasteiger partial charge is 0.326 e. The number of pyridine rings is 1. The predicted octanol–water partition coefficient (Wildman–Crippen LogP) is -0.288. The van der Waals surface area contributed by atoms with E-state index in [0.29, 0.717) is 11.3 Å². The van der Waals surface area contributed by atoms with Gasteiger partial charge in [-0.15, -0.1) is 0 Å². The highest BCUT2D eigenvalue weighted by Gasteiger charge is 2.21. The number of aromatic nitrogens is 2. The zero-order chi connectivity index (χ0) is 16.1. The number of carboxylic acids is 1. The zero-order valence-electron chi connectivity index (χ0n) is 11.7. The van der Waals surface area contributed by atoms with E-state index in [9.17, 15) is 14.4 Å². The Morgan fingerprint density at radius 3 is 2.77 bits per heavy atom. The molecule has 8 heteroatoms. The lowest BCUT2D eigenvalue weighted by Gasteiger charge is -2.13. The first kappa shape index (κ1) is 15.5. The summed E-state index contributed by atoms with van der Waals surface area (Å²) in [5.74, 6) is -2.29. The second-order valence-corrected chi connectivity index (χ2v) is 4.84. The highest BCUT2D eigenvalue weighted by atomic mass is 16.4. The van der Waals surface area contributed by atoms with Gasteiger partial charge in [-0.3, -0.25) is 9.59 Å². The first-order valence-electron chi connectivity index (χ1n) is 6.69. The van der Waals surface area contributed by atoms with Gasteiger partial charge in [0.15, 0.2) is 0 Å². The molecule has 0 aliphatic heterocycles. The number of primary amides is 1. The van der Waals surface area contributed by atoms with Crippen molar-refractivity contribution < 1.29 is 19.5 Å². The fourth-order valence-corrected chi connectivity index (χ4v) is 2.03. The Morgan fingerprint density at radius 1 is 1.36 bits per heavy atom. The van der Waals surface area contributed by atoms with E-state index >= 15 is 0 Å². The third-order valence-electron chi connectivity index (χ3n) is 3.07. The molecule has 8 nitrogen and oxygen atoms in total. The fourth-order valence-electron chi connectivity index (χ4n) is 2.03. The van der Waals surface area contributed by atoms with Crippen LogP contribution in [0.25, 0.3) is 5.65 Å². The minimum absolute atomic E-state index is 0.0397. The van der Waals surface area contributed by atoms with Gasteiger partial charge < -0.3 is 20.6 Å². The van der Waals surface area contributed by atoms with E-state index in [1.54, 1.807) is 22.9 Å². The van der Waals surface area contributed by atoms with Gasteiger partial charge in [0.2, 0.25) is 11.8 Å². The average molecular weight is 304 g/mol. The van der Waals surface area contributed by atoms with Crippen molar-refractivity contribution >= 4 is 23.4 Å². The first-order chi connectivity index (χ1) is 10.5. The summed E-state index contributed by atoms with van der Waals surface area (Å²) in [6.45, 7) is 0. The number of carboxylic acid groups (broad SMARTS) is 1. The van der Waals surface area contributed by atoms with E-state index in [1.807, 2.05) is 12.1 Å². The van der Waals surface area contributed by atoms with Gasteiger partial charge in [-0.1, -0.05) is 6.07 Å². The number of nitrogens with two attached hydrogens (primary N) is 1. The Labute approximate surface area is 125 Å². The molecule has 0 radical (unpaired) electrons. The highest BCUT2D eigenvalue weighted by molar-refractivity contribution is 5.85. The number of imidazole rings is 1. The van der Waals surface area contributed by atoms with Crippen LogP contribution < -0.4 is 11.1 Å². The Kier molecular flexibility index (Phi) is 4.72. The monoisotopic (exact) mass is 304 g/mol. The number of hydrogen-bond acceptors (Lipinski definition) is 4. The third-order valence-corrected chi connectivity index (χ3v) is 3.07. The molecule has 0 fully saturated rings. The van der Waals surface area contributed by atoms with Gasteiger partial charge in [-0.25, -0.2) is 9.78 Å². The number of hydrogen-bond donors (Lipinski definition) is 3. The van der Waals surface area contributed by atoms with Crippen LogP contribution in [0, 0.1) is 0 Å². The van der Waals surface area contributed by atoms with Gasteiger partial charge in [0.1, 0.15) is 11.7 Å². The number of amides is 2. The quantitative estimate of drug-likeness (QED) is 0.648. The molecule has 116 valence electrons. The van der Waals surface area contributed by atoms with Crippen LogP contribution in [0.1, 0.15) is 18.5 Å².